The normalized spacial score (nSPS) is 28.8. The summed E-state index contributed by atoms with van der Waals surface area (Å²) in [7, 11) is 0. The lowest BCUT2D eigenvalue weighted by molar-refractivity contribution is -0.130. The number of hydrogen-bond donors (Lipinski definition) is 2. The fourth-order valence-electron chi connectivity index (χ4n) is 3.65. The lowest BCUT2D eigenvalue weighted by Crippen LogP contribution is -2.57. The Balaban J connectivity index is 1.62. The molecular formula is C17H19N3O3S. The first-order valence-corrected chi connectivity index (χ1v) is 9.13. The molecule has 3 heterocycles. The second-order valence-electron chi connectivity index (χ2n) is 6.40. The number of nitrogens with one attached hydrogen (secondary N) is 2. The minimum Gasteiger partial charge on any atom is -0.354 e. The fraction of sp³-hybridized carbons (Fsp3) is 0.471. The van der Waals surface area contributed by atoms with Crippen LogP contribution in [0.25, 0.3) is 0 Å². The topological polar surface area (TPSA) is 78.5 Å². The highest BCUT2D eigenvalue weighted by molar-refractivity contribution is 8.02. The van der Waals surface area contributed by atoms with Crippen LogP contribution in [-0.2, 0) is 14.4 Å². The second kappa shape index (κ2) is 5.81. The summed E-state index contributed by atoms with van der Waals surface area (Å²) in [5.41, 5.74) is 0.797. The van der Waals surface area contributed by atoms with E-state index in [-0.39, 0.29) is 17.7 Å². The van der Waals surface area contributed by atoms with E-state index in [0.717, 1.165) is 23.4 Å². The fourth-order valence-corrected chi connectivity index (χ4v) is 5.07. The Labute approximate surface area is 144 Å². The van der Waals surface area contributed by atoms with E-state index in [4.69, 9.17) is 0 Å². The van der Waals surface area contributed by atoms with Crippen LogP contribution < -0.4 is 15.5 Å². The first kappa shape index (κ1) is 15.5. The number of rotatable bonds is 2. The van der Waals surface area contributed by atoms with Gasteiger partial charge < -0.3 is 10.6 Å². The van der Waals surface area contributed by atoms with Gasteiger partial charge in [0, 0.05) is 17.9 Å². The molecule has 6 nitrogen and oxygen atoms in total. The van der Waals surface area contributed by atoms with Gasteiger partial charge in [-0.3, -0.25) is 19.3 Å². The Bertz CT molecular complexity index is 723. The maximum Gasteiger partial charge on any atom is 0.257 e. The molecule has 0 bridgehead atoms. The highest BCUT2D eigenvalue weighted by atomic mass is 32.2. The molecule has 1 aromatic rings. The van der Waals surface area contributed by atoms with Crippen molar-refractivity contribution in [2.45, 2.75) is 47.9 Å². The van der Waals surface area contributed by atoms with Crippen molar-refractivity contribution >= 4 is 35.2 Å². The number of thioether (sulfide) groups is 1. The molecule has 126 valence electrons. The number of para-hydroxylation sites is 1. The van der Waals surface area contributed by atoms with Crippen molar-refractivity contribution in [1.29, 1.82) is 0 Å². The quantitative estimate of drug-likeness (QED) is 0.849. The summed E-state index contributed by atoms with van der Waals surface area (Å²) < 4.78 is 0. The number of fused-ring (bicyclic) bond motifs is 3. The average molecular weight is 345 g/mol. The van der Waals surface area contributed by atoms with Crippen LogP contribution >= 0.6 is 11.8 Å². The lowest BCUT2D eigenvalue weighted by Gasteiger charge is -2.31. The van der Waals surface area contributed by atoms with E-state index in [1.54, 1.807) is 4.90 Å². The van der Waals surface area contributed by atoms with Gasteiger partial charge in [-0.2, -0.15) is 0 Å². The van der Waals surface area contributed by atoms with Crippen LogP contribution in [-0.4, -0.2) is 35.2 Å². The molecule has 2 fully saturated rings. The molecule has 24 heavy (non-hydrogen) atoms. The van der Waals surface area contributed by atoms with Gasteiger partial charge in [-0.15, -0.1) is 0 Å². The van der Waals surface area contributed by atoms with Crippen LogP contribution in [0.3, 0.4) is 0 Å². The van der Waals surface area contributed by atoms with E-state index in [1.165, 1.54) is 11.8 Å². The molecule has 3 amide bonds. The van der Waals surface area contributed by atoms with Crippen molar-refractivity contribution in [3.05, 3.63) is 24.3 Å². The van der Waals surface area contributed by atoms with Crippen LogP contribution in [0.4, 0.5) is 5.69 Å². The number of carbonyl (C=O) groups is 3. The molecule has 3 aliphatic rings. The monoisotopic (exact) mass is 345 g/mol. The third kappa shape index (κ3) is 2.30. The van der Waals surface area contributed by atoms with E-state index in [0.29, 0.717) is 25.8 Å². The standard InChI is InChI=1S/C17H19N3O3S/c21-14-8-9-17(20(14)12-6-1-2-7-13(12)24-17)16(23)19-11-5-3-4-10-18-15(11)22/h1-2,6-7,11H,3-5,8-10H2,(H,18,22)(H,19,23)/t11-,17-/m1/s1. The predicted molar refractivity (Wildman–Crippen MR) is 90.5 cm³/mol. The van der Waals surface area contributed by atoms with Gasteiger partial charge in [-0.1, -0.05) is 23.9 Å². The Morgan fingerprint density at radius 1 is 1.29 bits per heavy atom. The lowest BCUT2D eigenvalue weighted by atomic mass is 10.1. The van der Waals surface area contributed by atoms with Gasteiger partial charge >= 0.3 is 0 Å². The minimum absolute atomic E-state index is 0.0343. The highest BCUT2D eigenvalue weighted by Gasteiger charge is 2.57. The molecule has 0 aromatic heterocycles. The molecule has 7 heteroatoms. The first-order valence-electron chi connectivity index (χ1n) is 8.32. The van der Waals surface area contributed by atoms with Crippen molar-refractivity contribution < 1.29 is 14.4 Å². The van der Waals surface area contributed by atoms with Crippen molar-refractivity contribution in [1.82, 2.24) is 10.6 Å². The molecular weight excluding hydrogens is 326 g/mol. The molecule has 0 spiro atoms. The SMILES string of the molecule is O=C1NCCCC[C@H]1NC(=O)[C@]12CCC(=O)N1c1ccccc1S2. The van der Waals surface area contributed by atoms with Crippen LogP contribution in [0.1, 0.15) is 32.1 Å². The third-order valence-corrected chi connectivity index (χ3v) is 6.34. The van der Waals surface area contributed by atoms with Crippen molar-refractivity contribution in [2.75, 3.05) is 11.4 Å². The molecule has 1 aromatic carbocycles. The van der Waals surface area contributed by atoms with Gasteiger partial charge in [0.25, 0.3) is 5.91 Å². The Kier molecular flexibility index (Phi) is 3.75. The van der Waals surface area contributed by atoms with E-state index < -0.39 is 10.9 Å². The van der Waals surface area contributed by atoms with Crippen LogP contribution in [0, 0.1) is 0 Å². The molecule has 2 saturated heterocycles. The molecule has 4 rings (SSSR count). The summed E-state index contributed by atoms with van der Waals surface area (Å²) in [5, 5.41) is 5.74. The molecule has 2 N–H and O–H groups in total. The van der Waals surface area contributed by atoms with E-state index in [9.17, 15) is 14.4 Å². The maximum atomic E-state index is 13.1. The van der Waals surface area contributed by atoms with E-state index >= 15 is 0 Å². The van der Waals surface area contributed by atoms with Gasteiger partial charge in [0.1, 0.15) is 6.04 Å². The van der Waals surface area contributed by atoms with Crippen LogP contribution in [0.5, 0.6) is 0 Å². The summed E-state index contributed by atoms with van der Waals surface area (Å²) in [4.78, 5) is 39.2. The number of nitrogens with zero attached hydrogens (tertiary/aromatic N) is 1. The van der Waals surface area contributed by atoms with E-state index in [2.05, 4.69) is 10.6 Å². The minimum atomic E-state index is -0.951. The molecule has 0 saturated carbocycles. The third-order valence-electron chi connectivity index (χ3n) is 4.87. The molecule has 2 atom stereocenters. The summed E-state index contributed by atoms with van der Waals surface area (Å²) in [5.74, 6) is -0.404. The predicted octanol–water partition coefficient (Wildman–Crippen LogP) is 1.40. The van der Waals surface area contributed by atoms with Gasteiger partial charge in [-0.25, -0.2) is 0 Å². The molecule has 0 radical (unpaired) electrons. The Hall–Kier alpha value is -2.02. The summed E-state index contributed by atoms with van der Waals surface area (Å²) in [6, 6.07) is 7.06. The van der Waals surface area contributed by atoms with Gasteiger partial charge in [0.2, 0.25) is 11.8 Å². The number of amides is 3. The smallest absolute Gasteiger partial charge is 0.257 e. The molecule has 0 unspecified atom stereocenters. The van der Waals surface area contributed by atoms with Crippen LogP contribution in [0.15, 0.2) is 29.2 Å². The second-order valence-corrected chi connectivity index (χ2v) is 7.72. The van der Waals surface area contributed by atoms with Crippen molar-refractivity contribution in [3.63, 3.8) is 0 Å². The number of carbonyl (C=O) groups excluding carboxylic acids is 3. The Morgan fingerprint density at radius 3 is 3.00 bits per heavy atom. The zero-order valence-electron chi connectivity index (χ0n) is 13.2. The summed E-state index contributed by atoms with van der Waals surface area (Å²) in [6.07, 6.45) is 3.27. The van der Waals surface area contributed by atoms with Gasteiger partial charge in [-0.05, 0) is 37.8 Å². The summed E-state index contributed by atoms with van der Waals surface area (Å²) in [6.45, 7) is 0.654. The zero-order chi connectivity index (χ0) is 16.7. The summed E-state index contributed by atoms with van der Waals surface area (Å²) >= 11 is 1.42. The zero-order valence-corrected chi connectivity index (χ0v) is 14.0. The van der Waals surface area contributed by atoms with Crippen molar-refractivity contribution in [2.24, 2.45) is 0 Å². The number of benzene rings is 1. The molecule has 0 aliphatic carbocycles. The average Bonchev–Trinajstić information content (AvgIpc) is 3.01. The van der Waals surface area contributed by atoms with Gasteiger partial charge in [0.15, 0.2) is 4.87 Å². The van der Waals surface area contributed by atoms with Crippen molar-refractivity contribution in [3.8, 4) is 0 Å². The van der Waals surface area contributed by atoms with E-state index in [1.807, 2.05) is 24.3 Å². The number of anilines is 1. The Morgan fingerprint density at radius 2 is 2.12 bits per heavy atom. The largest absolute Gasteiger partial charge is 0.354 e. The number of hydrogen-bond acceptors (Lipinski definition) is 4. The maximum absolute atomic E-state index is 13.1. The molecule has 3 aliphatic heterocycles. The van der Waals surface area contributed by atoms with Crippen LogP contribution in [0.2, 0.25) is 0 Å². The van der Waals surface area contributed by atoms with Gasteiger partial charge in [0.05, 0.1) is 5.69 Å². The first-order chi connectivity index (χ1) is 11.6. The highest BCUT2D eigenvalue weighted by Crippen LogP contribution is 2.55.